The van der Waals surface area contributed by atoms with E-state index in [1.165, 1.54) is 0 Å². The largest absolute Gasteiger partial charge is 0.454 e. The highest BCUT2D eigenvalue weighted by Crippen LogP contribution is 2.35. The van der Waals surface area contributed by atoms with Gasteiger partial charge in [-0.05, 0) is 35.9 Å². The Morgan fingerprint density at radius 1 is 0.828 bits per heavy atom. The summed E-state index contributed by atoms with van der Waals surface area (Å²) in [4.78, 5) is 0. The van der Waals surface area contributed by atoms with Crippen LogP contribution < -0.4 is 14.8 Å². The molecule has 144 valence electrons. The summed E-state index contributed by atoms with van der Waals surface area (Å²) in [5, 5.41) is 12.4. The van der Waals surface area contributed by atoms with E-state index in [9.17, 15) is 0 Å². The molecule has 0 spiro atoms. The van der Waals surface area contributed by atoms with Gasteiger partial charge in [0.05, 0.1) is 10.6 Å². The lowest BCUT2D eigenvalue weighted by atomic mass is 10.1. The van der Waals surface area contributed by atoms with Crippen molar-refractivity contribution in [3.8, 4) is 34.4 Å². The lowest BCUT2D eigenvalue weighted by Gasteiger charge is -2.10. The molecule has 1 aromatic heterocycles. The van der Waals surface area contributed by atoms with Gasteiger partial charge in [-0.2, -0.15) is 0 Å². The Balaban J connectivity index is 1.39. The second-order valence-corrected chi connectivity index (χ2v) is 6.88. The summed E-state index contributed by atoms with van der Waals surface area (Å²) in [6, 6.07) is 21.1. The lowest BCUT2D eigenvalue weighted by molar-refractivity contribution is 0.174. The van der Waals surface area contributed by atoms with Crippen molar-refractivity contribution >= 4 is 17.3 Å². The number of rotatable bonds is 5. The van der Waals surface area contributed by atoms with Gasteiger partial charge >= 0.3 is 0 Å². The molecule has 1 N–H and O–H groups in total. The van der Waals surface area contributed by atoms with Crippen LogP contribution in [-0.4, -0.2) is 17.0 Å². The summed E-state index contributed by atoms with van der Waals surface area (Å²) in [5.74, 6) is 2.34. The number of nitrogens with one attached hydrogen (secondary N) is 1. The van der Waals surface area contributed by atoms with Crippen LogP contribution >= 0.6 is 11.6 Å². The molecule has 7 heteroatoms. The highest BCUT2D eigenvalue weighted by atomic mass is 35.5. The molecule has 1 aliphatic rings. The van der Waals surface area contributed by atoms with Crippen LogP contribution in [0.4, 0.5) is 5.69 Å². The number of nitrogens with zero attached hydrogens (tertiary/aromatic N) is 2. The molecule has 2 heterocycles. The Hall–Kier alpha value is -3.51. The Morgan fingerprint density at radius 2 is 1.55 bits per heavy atom. The van der Waals surface area contributed by atoms with E-state index in [2.05, 4.69) is 15.5 Å². The van der Waals surface area contributed by atoms with Crippen LogP contribution in [0.15, 0.2) is 71.1 Å². The molecule has 0 fully saturated rings. The first-order valence-corrected chi connectivity index (χ1v) is 9.46. The van der Waals surface area contributed by atoms with Crippen LogP contribution in [0.5, 0.6) is 11.5 Å². The third-order valence-corrected chi connectivity index (χ3v) is 4.96. The maximum Gasteiger partial charge on any atom is 0.249 e. The molecular weight excluding hydrogens is 390 g/mol. The zero-order chi connectivity index (χ0) is 19.6. The van der Waals surface area contributed by atoms with Gasteiger partial charge in [0.2, 0.25) is 18.6 Å². The minimum atomic E-state index is 0.256. The van der Waals surface area contributed by atoms with Crippen LogP contribution in [-0.2, 0) is 6.54 Å². The van der Waals surface area contributed by atoms with E-state index in [1.54, 1.807) is 6.07 Å². The van der Waals surface area contributed by atoms with E-state index < -0.39 is 0 Å². The molecule has 29 heavy (non-hydrogen) atoms. The number of aromatic nitrogens is 2. The van der Waals surface area contributed by atoms with Gasteiger partial charge < -0.3 is 19.2 Å². The van der Waals surface area contributed by atoms with Crippen LogP contribution in [0.2, 0.25) is 5.02 Å². The van der Waals surface area contributed by atoms with Crippen molar-refractivity contribution in [3.63, 3.8) is 0 Å². The zero-order valence-corrected chi connectivity index (χ0v) is 16.0. The molecule has 6 nitrogen and oxygen atoms in total. The predicted octanol–water partition coefficient (Wildman–Crippen LogP) is 5.40. The lowest BCUT2D eigenvalue weighted by Crippen LogP contribution is -2.01. The summed E-state index contributed by atoms with van der Waals surface area (Å²) in [6.45, 7) is 0.839. The van der Waals surface area contributed by atoms with Crippen molar-refractivity contribution in [2.75, 3.05) is 12.1 Å². The Morgan fingerprint density at radius 3 is 2.41 bits per heavy atom. The first-order valence-electron chi connectivity index (χ1n) is 9.08. The fourth-order valence-electron chi connectivity index (χ4n) is 3.16. The van der Waals surface area contributed by atoms with Gasteiger partial charge in [-0.15, -0.1) is 10.2 Å². The second-order valence-electron chi connectivity index (χ2n) is 6.47. The fourth-order valence-corrected chi connectivity index (χ4v) is 3.38. The molecule has 1 aliphatic heterocycles. The first kappa shape index (κ1) is 17.6. The van der Waals surface area contributed by atoms with Crippen LogP contribution in [0.25, 0.3) is 22.9 Å². The van der Waals surface area contributed by atoms with E-state index in [0.717, 1.165) is 28.3 Å². The van der Waals surface area contributed by atoms with Gasteiger partial charge in [0.15, 0.2) is 11.5 Å². The van der Waals surface area contributed by atoms with Crippen molar-refractivity contribution < 1.29 is 13.9 Å². The Kier molecular flexibility index (Phi) is 4.54. The number of fused-ring (bicyclic) bond motifs is 1. The Bertz CT molecular complexity index is 1180. The molecule has 0 saturated heterocycles. The SMILES string of the molecule is Clc1ccccc1-c1nnc(-c2ccccc2CNc2ccc3c(c2)OCO3)o1. The molecule has 0 amide bonds. The van der Waals surface area contributed by atoms with Crippen molar-refractivity contribution in [3.05, 3.63) is 77.3 Å². The zero-order valence-electron chi connectivity index (χ0n) is 15.3. The van der Waals surface area contributed by atoms with E-state index in [4.69, 9.17) is 25.5 Å². The van der Waals surface area contributed by atoms with E-state index in [-0.39, 0.29) is 6.79 Å². The van der Waals surface area contributed by atoms with Gasteiger partial charge in [-0.1, -0.05) is 41.9 Å². The fraction of sp³-hybridized carbons (Fsp3) is 0.0909. The van der Waals surface area contributed by atoms with Crippen molar-refractivity contribution in [1.82, 2.24) is 10.2 Å². The first-order chi connectivity index (χ1) is 14.3. The van der Waals surface area contributed by atoms with E-state index >= 15 is 0 Å². The van der Waals surface area contributed by atoms with Crippen molar-refractivity contribution in [2.24, 2.45) is 0 Å². The maximum absolute atomic E-state index is 6.25. The molecule has 0 unspecified atom stereocenters. The van der Waals surface area contributed by atoms with Gasteiger partial charge in [0.25, 0.3) is 0 Å². The van der Waals surface area contributed by atoms with E-state index in [0.29, 0.717) is 28.9 Å². The van der Waals surface area contributed by atoms with Crippen LogP contribution in [0, 0.1) is 0 Å². The molecule has 0 bridgehead atoms. The van der Waals surface area contributed by atoms with Crippen molar-refractivity contribution in [1.29, 1.82) is 0 Å². The maximum atomic E-state index is 6.25. The molecule has 3 aromatic carbocycles. The third-order valence-electron chi connectivity index (χ3n) is 4.63. The van der Waals surface area contributed by atoms with E-state index in [1.807, 2.05) is 60.7 Å². The quantitative estimate of drug-likeness (QED) is 0.479. The molecule has 4 aromatic rings. The number of hydrogen-bond acceptors (Lipinski definition) is 6. The average Bonchev–Trinajstić information content (AvgIpc) is 3.42. The standard InChI is InChI=1S/C22H16ClN3O3/c23-18-8-4-3-7-17(18)22-26-25-21(29-22)16-6-2-1-5-14(16)12-24-15-9-10-19-20(11-15)28-13-27-19/h1-11,24H,12-13H2. The van der Waals surface area contributed by atoms with Crippen molar-refractivity contribution in [2.45, 2.75) is 6.54 Å². The van der Waals surface area contributed by atoms with Gasteiger partial charge in [-0.25, -0.2) is 0 Å². The van der Waals surface area contributed by atoms with Gasteiger partial charge in [0.1, 0.15) is 0 Å². The topological polar surface area (TPSA) is 69.4 Å². The third kappa shape index (κ3) is 3.50. The van der Waals surface area contributed by atoms with Gasteiger partial charge in [0, 0.05) is 23.9 Å². The summed E-state index contributed by atoms with van der Waals surface area (Å²) in [6.07, 6.45) is 0. The number of hydrogen-bond donors (Lipinski definition) is 1. The number of benzene rings is 3. The highest BCUT2D eigenvalue weighted by Gasteiger charge is 2.16. The Labute approximate surface area is 172 Å². The predicted molar refractivity (Wildman–Crippen MR) is 110 cm³/mol. The summed E-state index contributed by atoms with van der Waals surface area (Å²) < 4.78 is 16.7. The number of ether oxygens (including phenoxy) is 2. The molecule has 0 atom stereocenters. The number of halogens is 1. The average molecular weight is 406 g/mol. The van der Waals surface area contributed by atoms with Crippen LogP contribution in [0.3, 0.4) is 0 Å². The molecule has 5 rings (SSSR count). The second kappa shape index (κ2) is 7.48. The summed E-state index contributed by atoms with van der Waals surface area (Å²) in [7, 11) is 0. The minimum Gasteiger partial charge on any atom is -0.454 e. The number of anilines is 1. The highest BCUT2D eigenvalue weighted by molar-refractivity contribution is 6.33. The summed E-state index contributed by atoms with van der Waals surface area (Å²) >= 11 is 6.25. The van der Waals surface area contributed by atoms with Gasteiger partial charge in [-0.3, -0.25) is 0 Å². The monoisotopic (exact) mass is 405 g/mol. The smallest absolute Gasteiger partial charge is 0.249 e. The summed E-state index contributed by atoms with van der Waals surface area (Å²) in [5.41, 5.74) is 3.54. The van der Waals surface area contributed by atoms with Crippen LogP contribution in [0.1, 0.15) is 5.56 Å². The molecule has 0 aliphatic carbocycles. The molecular formula is C22H16ClN3O3. The molecule has 0 saturated carbocycles. The minimum absolute atomic E-state index is 0.256. The molecule has 0 radical (unpaired) electrons. The normalized spacial score (nSPS) is 12.2.